The van der Waals surface area contributed by atoms with Crippen molar-refractivity contribution in [3.8, 4) is 11.3 Å². The second-order valence-electron chi connectivity index (χ2n) is 4.58. The maximum Gasteiger partial charge on any atom is 0.150 e. The lowest BCUT2D eigenvalue weighted by atomic mass is 10.1. The first-order chi connectivity index (χ1) is 9.25. The number of nitrogens with two attached hydrogens (primary N) is 1. The van der Waals surface area contributed by atoms with E-state index in [1.807, 2.05) is 10.7 Å². The summed E-state index contributed by atoms with van der Waals surface area (Å²) in [5.74, 6) is 0. The average molecular weight is 279 g/mol. The standard InChI is InChI=1S/C13H15ClN4O/c14-12-7-10(15)9(8-16-12)11-4-5-17-18(11)13-3-1-2-6-19-13/h4-5,7-8,13H,1-3,6H2,(H2,15,16). The predicted molar refractivity (Wildman–Crippen MR) is 73.7 cm³/mol. The van der Waals surface area contributed by atoms with E-state index in [4.69, 9.17) is 22.1 Å². The molecule has 2 aromatic heterocycles. The number of halogens is 1. The van der Waals surface area contributed by atoms with E-state index < -0.39 is 0 Å². The molecular weight excluding hydrogens is 264 g/mol. The highest BCUT2D eigenvalue weighted by Crippen LogP contribution is 2.31. The molecule has 1 fully saturated rings. The van der Waals surface area contributed by atoms with Crippen LogP contribution in [0.25, 0.3) is 11.3 Å². The van der Waals surface area contributed by atoms with Crippen LogP contribution in [-0.4, -0.2) is 21.4 Å². The molecule has 19 heavy (non-hydrogen) atoms. The van der Waals surface area contributed by atoms with Crippen LogP contribution in [0.3, 0.4) is 0 Å². The first-order valence-electron chi connectivity index (χ1n) is 6.32. The molecule has 0 bridgehead atoms. The zero-order valence-electron chi connectivity index (χ0n) is 10.4. The van der Waals surface area contributed by atoms with Gasteiger partial charge in [0.25, 0.3) is 0 Å². The van der Waals surface area contributed by atoms with E-state index in [0.29, 0.717) is 10.8 Å². The third-order valence-corrected chi connectivity index (χ3v) is 3.48. The summed E-state index contributed by atoms with van der Waals surface area (Å²) in [6.07, 6.45) is 6.63. The molecule has 100 valence electrons. The van der Waals surface area contributed by atoms with Crippen LogP contribution in [0.15, 0.2) is 24.5 Å². The van der Waals surface area contributed by atoms with Crippen molar-refractivity contribution in [3.63, 3.8) is 0 Å². The molecule has 5 nitrogen and oxygen atoms in total. The van der Waals surface area contributed by atoms with E-state index in [2.05, 4.69) is 10.1 Å². The lowest BCUT2D eigenvalue weighted by Gasteiger charge is -2.24. The Bertz CT molecular complexity index is 578. The van der Waals surface area contributed by atoms with Crippen molar-refractivity contribution in [2.75, 3.05) is 12.3 Å². The fourth-order valence-corrected chi connectivity index (χ4v) is 2.50. The molecule has 1 atom stereocenters. The third kappa shape index (κ3) is 2.43. The van der Waals surface area contributed by atoms with Gasteiger partial charge in [0.05, 0.1) is 5.69 Å². The van der Waals surface area contributed by atoms with Crippen LogP contribution in [-0.2, 0) is 4.74 Å². The van der Waals surface area contributed by atoms with Crippen molar-refractivity contribution in [1.29, 1.82) is 0 Å². The van der Waals surface area contributed by atoms with Crippen molar-refractivity contribution in [3.05, 3.63) is 29.7 Å². The van der Waals surface area contributed by atoms with Crippen LogP contribution < -0.4 is 5.73 Å². The Hall–Kier alpha value is -1.59. The normalized spacial score (nSPS) is 19.5. The maximum atomic E-state index is 6.00. The molecule has 0 aromatic carbocycles. The largest absolute Gasteiger partial charge is 0.398 e. The van der Waals surface area contributed by atoms with Gasteiger partial charge in [-0.3, -0.25) is 0 Å². The van der Waals surface area contributed by atoms with Gasteiger partial charge in [0.2, 0.25) is 0 Å². The molecule has 3 rings (SSSR count). The molecule has 1 aliphatic rings. The molecule has 0 amide bonds. The fourth-order valence-electron chi connectivity index (χ4n) is 2.33. The number of nitrogens with zero attached hydrogens (tertiary/aromatic N) is 3. The zero-order valence-corrected chi connectivity index (χ0v) is 11.2. The van der Waals surface area contributed by atoms with Crippen LogP contribution in [0.2, 0.25) is 5.15 Å². The first kappa shape index (κ1) is 12.4. The summed E-state index contributed by atoms with van der Waals surface area (Å²) in [7, 11) is 0. The van der Waals surface area contributed by atoms with Gasteiger partial charge in [-0.25, -0.2) is 9.67 Å². The number of anilines is 1. The number of nitrogen functional groups attached to an aromatic ring is 1. The van der Waals surface area contributed by atoms with Gasteiger partial charge in [0.15, 0.2) is 6.23 Å². The van der Waals surface area contributed by atoms with Gasteiger partial charge in [0, 0.05) is 30.3 Å². The summed E-state index contributed by atoms with van der Waals surface area (Å²) in [6, 6.07) is 3.56. The summed E-state index contributed by atoms with van der Waals surface area (Å²) in [5, 5.41) is 4.75. The molecule has 0 spiro atoms. The second kappa shape index (κ2) is 5.19. The van der Waals surface area contributed by atoms with Crippen LogP contribution in [0.1, 0.15) is 25.5 Å². The van der Waals surface area contributed by atoms with Gasteiger partial charge in [0.1, 0.15) is 5.15 Å². The van der Waals surface area contributed by atoms with Crippen LogP contribution in [0, 0.1) is 0 Å². The Morgan fingerprint density at radius 1 is 1.42 bits per heavy atom. The molecule has 0 radical (unpaired) electrons. The number of hydrogen-bond donors (Lipinski definition) is 1. The summed E-state index contributed by atoms with van der Waals surface area (Å²) in [6.45, 7) is 0.776. The van der Waals surface area contributed by atoms with E-state index in [1.165, 1.54) is 0 Å². The molecular formula is C13H15ClN4O. The highest BCUT2D eigenvalue weighted by atomic mass is 35.5. The molecule has 1 unspecified atom stereocenters. The van der Waals surface area contributed by atoms with Gasteiger partial charge < -0.3 is 10.5 Å². The van der Waals surface area contributed by atoms with Crippen molar-refractivity contribution in [2.24, 2.45) is 0 Å². The topological polar surface area (TPSA) is 66.0 Å². The fraction of sp³-hybridized carbons (Fsp3) is 0.385. The molecule has 6 heteroatoms. The van der Waals surface area contributed by atoms with E-state index in [0.717, 1.165) is 37.1 Å². The Labute approximate surface area is 116 Å². The highest BCUT2D eigenvalue weighted by molar-refractivity contribution is 6.29. The number of aromatic nitrogens is 3. The number of pyridine rings is 1. The lowest BCUT2D eigenvalue weighted by Crippen LogP contribution is -2.20. The predicted octanol–water partition coefficient (Wildman–Crippen LogP) is 2.88. The SMILES string of the molecule is Nc1cc(Cl)ncc1-c1ccnn1C1CCCCO1. The molecule has 0 saturated carbocycles. The minimum absolute atomic E-state index is 0.0196. The van der Waals surface area contributed by atoms with Gasteiger partial charge in [-0.2, -0.15) is 5.10 Å². The molecule has 2 N–H and O–H groups in total. The van der Waals surface area contributed by atoms with Crippen molar-refractivity contribution in [1.82, 2.24) is 14.8 Å². The number of rotatable bonds is 2. The van der Waals surface area contributed by atoms with Crippen molar-refractivity contribution >= 4 is 17.3 Å². The summed E-state index contributed by atoms with van der Waals surface area (Å²) >= 11 is 5.83. The average Bonchev–Trinajstić information content (AvgIpc) is 2.89. The maximum absolute atomic E-state index is 6.00. The summed E-state index contributed by atoms with van der Waals surface area (Å²) in [5.41, 5.74) is 8.34. The Balaban J connectivity index is 1.99. The minimum Gasteiger partial charge on any atom is -0.398 e. The molecule has 3 heterocycles. The monoisotopic (exact) mass is 278 g/mol. The number of ether oxygens (including phenoxy) is 1. The molecule has 0 aliphatic carbocycles. The van der Waals surface area contributed by atoms with Crippen LogP contribution in [0.5, 0.6) is 0 Å². The first-order valence-corrected chi connectivity index (χ1v) is 6.70. The second-order valence-corrected chi connectivity index (χ2v) is 4.96. The van der Waals surface area contributed by atoms with Crippen molar-refractivity contribution in [2.45, 2.75) is 25.5 Å². The van der Waals surface area contributed by atoms with E-state index in [1.54, 1.807) is 18.5 Å². The summed E-state index contributed by atoms with van der Waals surface area (Å²) < 4.78 is 7.64. The van der Waals surface area contributed by atoms with E-state index >= 15 is 0 Å². The number of hydrogen-bond acceptors (Lipinski definition) is 4. The Morgan fingerprint density at radius 2 is 2.32 bits per heavy atom. The smallest absolute Gasteiger partial charge is 0.150 e. The van der Waals surface area contributed by atoms with Crippen molar-refractivity contribution < 1.29 is 4.74 Å². The van der Waals surface area contributed by atoms with Crippen LogP contribution >= 0.6 is 11.6 Å². The Kier molecular flexibility index (Phi) is 3.40. The molecule has 1 aliphatic heterocycles. The van der Waals surface area contributed by atoms with Gasteiger partial charge in [-0.05, 0) is 31.4 Å². The van der Waals surface area contributed by atoms with E-state index in [9.17, 15) is 0 Å². The molecule has 1 saturated heterocycles. The minimum atomic E-state index is -0.0196. The van der Waals surface area contributed by atoms with Gasteiger partial charge in [-0.15, -0.1) is 0 Å². The van der Waals surface area contributed by atoms with Gasteiger partial charge >= 0.3 is 0 Å². The Morgan fingerprint density at radius 3 is 3.05 bits per heavy atom. The lowest BCUT2D eigenvalue weighted by molar-refractivity contribution is -0.0383. The quantitative estimate of drug-likeness (QED) is 0.858. The van der Waals surface area contributed by atoms with Gasteiger partial charge in [-0.1, -0.05) is 11.6 Å². The van der Waals surface area contributed by atoms with Crippen LogP contribution in [0.4, 0.5) is 5.69 Å². The summed E-state index contributed by atoms with van der Waals surface area (Å²) in [4.78, 5) is 4.09. The zero-order chi connectivity index (χ0) is 13.2. The third-order valence-electron chi connectivity index (χ3n) is 3.28. The highest BCUT2D eigenvalue weighted by Gasteiger charge is 2.20. The van der Waals surface area contributed by atoms with E-state index in [-0.39, 0.29) is 6.23 Å². The molecule has 2 aromatic rings.